The first-order valence-electron chi connectivity index (χ1n) is 6.17. The van der Waals surface area contributed by atoms with Crippen LogP contribution in [0.25, 0.3) is 0 Å². The second kappa shape index (κ2) is 5.40. The third-order valence-corrected chi connectivity index (χ3v) is 2.89. The first-order chi connectivity index (χ1) is 9.00. The summed E-state index contributed by atoms with van der Waals surface area (Å²) < 4.78 is 10.4. The molecule has 1 aromatic carbocycles. The van der Waals surface area contributed by atoms with Crippen LogP contribution >= 0.6 is 0 Å². The van der Waals surface area contributed by atoms with Crippen LogP contribution < -0.4 is 0 Å². The first kappa shape index (κ1) is 13.5. The zero-order valence-electron chi connectivity index (χ0n) is 11.1. The van der Waals surface area contributed by atoms with E-state index in [1.54, 1.807) is 13.8 Å². The molecule has 0 unspecified atom stereocenters. The lowest BCUT2D eigenvalue weighted by molar-refractivity contribution is -0.135. The van der Waals surface area contributed by atoms with Crippen molar-refractivity contribution in [1.29, 1.82) is 0 Å². The van der Waals surface area contributed by atoms with Crippen LogP contribution in [-0.4, -0.2) is 35.7 Å². The van der Waals surface area contributed by atoms with E-state index >= 15 is 0 Å². The van der Waals surface area contributed by atoms with Crippen molar-refractivity contribution in [3.63, 3.8) is 0 Å². The van der Waals surface area contributed by atoms with Crippen molar-refractivity contribution in [2.75, 3.05) is 13.2 Å². The normalized spacial score (nSPS) is 17.7. The van der Waals surface area contributed by atoms with Crippen molar-refractivity contribution in [3.05, 3.63) is 35.9 Å². The van der Waals surface area contributed by atoms with Gasteiger partial charge in [-0.3, -0.25) is 4.79 Å². The highest BCUT2D eigenvalue weighted by molar-refractivity contribution is 6.02. The summed E-state index contributed by atoms with van der Waals surface area (Å²) in [6, 6.07) is 9.71. The number of carbonyl (C=O) groups is 2. The lowest BCUT2D eigenvalue weighted by Gasteiger charge is -2.13. The molecule has 0 radical (unpaired) electrons. The van der Waals surface area contributed by atoms with E-state index in [0.29, 0.717) is 13.2 Å². The molecule has 0 saturated carbocycles. The van der Waals surface area contributed by atoms with E-state index in [-0.39, 0.29) is 12.5 Å². The molecule has 5 nitrogen and oxygen atoms in total. The highest BCUT2D eigenvalue weighted by Crippen LogP contribution is 2.22. The van der Waals surface area contributed by atoms with Gasteiger partial charge in [-0.15, -0.1) is 0 Å². The maximum Gasteiger partial charge on any atom is 0.417 e. The summed E-state index contributed by atoms with van der Waals surface area (Å²) in [6.07, 6.45) is -0.599. The van der Waals surface area contributed by atoms with E-state index in [2.05, 4.69) is 0 Å². The quantitative estimate of drug-likeness (QED) is 0.762. The predicted octanol–water partition coefficient (Wildman–Crippen LogP) is 1.96. The summed E-state index contributed by atoms with van der Waals surface area (Å²) in [5.74, 6) is -0.319. The fraction of sp³-hybridized carbons (Fsp3) is 0.429. The summed E-state index contributed by atoms with van der Waals surface area (Å²) >= 11 is 0. The minimum absolute atomic E-state index is 0.216. The third-order valence-electron chi connectivity index (χ3n) is 2.89. The van der Waals surface area contributed by atoms with Crippen LogP contribution in [0.15, 0.2) is 30.3 Å². The number of nitrogens with zero attached hydrogens (tertiary/aromatic N) is 1. The maximum atomic E-state index is 11.8. The monoisotopic (exact) mass is 263 g/mol. The molecule has 0 aliphatic carbocycles. The molecule has 1 aliphatic heterocycles. The number of ether oxygens (including phenoxy) is 2. The van der Waals surface area contributed by atoms with Crippen LogP contribution in [0.3, 0.4) is 0 Å². The molecule has 1 heterocycles. The molecule has 2 rings (SSSR count). The van der Waals surface area contributed by atoms with Gasteiger partial charge in [-0.1, -0.05) is 30.3 Å². The number of carbonyl (C=O) groups excluding carboxylic acids is 2. The van der Waals surface area contributed by atoms with Crippen LogP contribution in [0.2, 0.25) is 0 Å². The first-order valence-corrected chi connectivity index (χ1v) is 6.17. The van der Waals surface area contributed by atoms with Gasteiger partial charge in [0.2, 0.25) is 0 Å². The van der Waals surface area contributed by atoms with E-state index in [1.807, 2.05) is 30.3 Å². The molecular formula is C14H17NO4. The van der Waals surface area contributed by atoms with Crippen molar-refractivity contribution >= 4 is 12.0 Å². The van der Waals surface area contributed by atoms with Crippen molar-refractivity contribution < 1.29 is 19.1 Å². The third kappa shape index (κ3) is 3.12. The summed E-state index contributed by atoms with van der Waals surface area (Å²) in [5, 5.41) is 0. The minimum Gasteiger partial charge on any atom is -0.433 e. The van der Waals surface area contributed by atoms with Gasteiger partial charge in [-0.25, -0.2) is 9.69 Å². The molecule has 0 spiro atoms. The van der Waals surface area contributed by atoms with E-state index in [0.717, 1.165) is 10.5 Å². The molecule has 19 heavy (non-hydrogen) atoms. The standard InChI is InChI=1S/C14H17NO4/c1-14(2)12(16)15(13(17)19-14)8-9-18-10-11-6-4-3-5-7-11/h3-7H,8-10H2,1-2H3. The van der Waals surface area contributed by atoms with E-state index < -0.39 is 11.7 Å². The number of hydrogen-bond acceptors (Lipinski definition) is 4. The number of rotatable bonds is 5. The van der Waals surface area contributed by atoms with Gasteiger partial charge < -0.3 is 9.47 Å². The van der Waals surface area contributed by atoms with Crippen LogP contribution in [0.4, 0.5) is 4.79 Å². The van der Waals surface area contributed by atoms with E-state index in [4.69, 9.17) is 9.47 Å². The van der Waals surface area contributed by atoms with E-state index in [9.17, 15) is 9.59 Å². The van der Waals surface area contributed by atoms with Crippen molar-refractivity contribution in [2.45, 2.75) is 26.1 Å². The summed E-state index contributed by atoms with van der Waals surface area (Å²) in [7, 11) is 0. The fourth-order valence-electron chi connectivity index (χ4n) is 1.84. The van der Waals surface area contributed by atoms with Gasteiger partial charge in [0.25, 0.3) is 5.91 Å². The summed E-state index contributed by atoms with van der Waals surface area (Å²) in [5.41, 5.74) is -0.00517. The van der Waals surface area contributed by atoms with Crippen molar-refractivity contribution in [2.24, 2.45) is 0 Å². The van der Waals surface area contributed by atoms with Crippen LogP contribution in [0.1, 0.15) is 19.4 Å². The van der Waals surface area contributed by atoms with Crippen molar-refractivity contribution in [1.82, 2.24) is 4.90 Å². The van der Waals surface area contributed by atoms with Gasteiger partial charge in [-0.05, 0) is 19.4 Å². The van der Waals surface area contributed by atoms with Crippen LogP contribution in [0, 0.1) is 0 Å². The number of benzene rings is 1. The zero-order valence-corrected chi connectivity index (χ0v) is 11.1. The Kier molecular flexibility index (Phi) is 3.85. The van der Waals surface area contributed by atoms with Gasteiger partial charge in [0.15, 0.2) is 5.60 Å². The molecular weight excluding hydrogens is 246 g/mol. The van der Waals surface area contributed by atoms with Gasteiger partial charge in [0.05, 0.1) is 19.8 Å². The Morgan fingerprint density at radius 3 is 2.47 bits per heavy atom. The SMILES string of the molecule is CC1(C)OC(=O)N(CCOCc2ccccc2)C1=O. The summed E-state index contributed by atoms with van der Waals surface area (Å²) in [6.45, 7) is 4.14. The molecule has 0 N–H and O–H groups in total. The lowest BCUT2D eigenvalue weighted by atomic mass is 10.1. The Hall–Kier alpha value is -1.88. The molecule has 1 aromatic rings. The number of imide groups is 1. The van der Waals surface area contributed by atoms with Gasteiger partial charge >= 0.3 is 6.09 Å². The van der Waals surface area contributed by atoms with Gasteiger partial charge in [0.1, 0.15) is 0 Å². The zero-order chi connectivity index (χ0) is 13.9. The fourth-order valence-corrected chi connectivity index (χ4v) is 1.84. The second-order valence-corrected chi connectivity index (χ2v) is 4.87. The average Bonchev–Trinajstić information content (AvgIpc) is 2.57. The highest BCUT2D eigenvalue weighted by Gasteiger charge is 2.46. The Morgan fingerprint density at radius 1 is 1.21 bits per heavy atom. The second-order valence-electron chi connectivity index (χ2n) is 4.87. The summed E-state index contributed by atoms with van der Waals surface area (Å²) in [4.78, 5) is 24.4. The van der Waals surface area contributed by atoms with Gasteiger partial charge in [-0.2, -0.15) is 0 Å². The molecule has 0 atom stereocenters. The van der Waals surface area contributed by atoms with E-state index in [1.165, 1.54) is 0 Å². The Balaban J connectivity index is 1.77. The number of cyclic esters (lactones) is 1. The molecule has 0 aromatic heterocycles. The average molecular weight is 263 g/mol. The molecule has 1 fully saturated rings. The maximum absolute atomic E-state index is 11.8. The van der Waals surface area contributed by atoms with Crippen molar-refractivity contribution in [3.8, 4) is 0 Å². The molecule has 1 saturated heterocycles. The largest absolute Gasteiger partial charge is 0.433 e. The molecule has 1 aliphatic rings. The topological polar surface area (TPSA) is 55.8 Å². The molecule has 5 heteroatoms. The molecule has 0 bridgehead atoms. The Morgan fingerprint density at radius 2 is 1.89 bits per heavy atom. The molecule has 2 amide bonds. The smallest absolute Gasteiger partial charge is 0.417 e. The molecule has 102 valence electrons. The minimum atomic E-state index is -1.06. The van der Waals surface area contributed by atoms with Gasteiger partial charge in [0, 0.05) is 0 Å². The predicted molar refractivity (Wildman–Crippen MR) is 68.4 cm³/mol. The van der Waals surface area contributed by atoms with Crippen LogP contribution in [-0.2, 0) is 20.9 Å². The number of amides is 2. The van der Waals surface area contributed by atoms with Crippen LogP contribution in [0.5, 0.6) is 0 Å². The lowest BCUT2D eigenvalue weighted by Crippen LogP contribution is -2.38. The number of hydrogen-bond donors (Lipinski definition) is 0. The Labute approximate surface area is 112 Å². The Bertz CT molecular complexity index is 470. The highest BCUT2D eigenvalue weighted by atomic mass is 16.6.